The summed E-state index contributed by atoms with van der Waals surface area (Å²) in [7, 11) is 0. The van der Waals surface area contributed by atoms with E-state index < -0.39 is 0 Å². The second kappa shape index (κ2) is 5.54. The van der Waals surface area contributed by atoms with Gasteiger partial charge in [0.25, 0.3) is 5.56 Å². The second-order valence-electron chi connectivity index (χ2n) is 4.27. The van der Waals surface area contributed by atoms with Gasteiger partial charge in [-0.2, -0.15) is 0 Å². The molecule has 1 heterocycles. The molecule has 0 saturated carbocycles. The summed E-state index contributed by atoms with van der Waals surface area (Å²) >= 11 is 1.27. The zero-order chi connectivity index (χ0) is 14.0. The quantitative estimate of drug-likeness (QED) is 0.846. The van der Waals surface area contributed by atoms with E-state index in [0.717, 1.165) is 4.90 Å². The average molecular weight is 279 g/mol. The Kier molecular flexibility index (Phi) is 4.01. The van der Waals surface area contributed by atoms with Crippen LogP contribution in [0.1, 0.15) is 24.1 Å². The number of nitrogens with one attached hydrogen (secondary N) is 1. The highest BCUT2D eigenvalue weighted by atomic mass is 32.2. The minimum atomic E-state index is -0.298. The Labute approximate surface area is 114 Å². The van der Waals surface area contributed by atoms with Crippen LogP contribution in [0, 0.1) is 12.7 Å². The number of benzene rings is 1. The number of nitrogens with two attached hydrogens (primary N) is 1. The van der Waals surface area contributed by atoms with Crippen LogP contribution in [0.4, 0.5) is 4.39 Å². The van der Waals surface area contributed by atoms with Crippen LogP contribution in [0.3, 0.4) is 0 Å². The van der Waals surface area contributed by atoms with Gasteiger partial charge in [-0.1, -0.05) is 11.8 Å². The SMILES string of the molecule is Cc1cc(Sc2nccc(=O)[nH]2)c([C@H](C)N)cc1F. The summed E-state index contributed by atoms with van der Waals surface area (Å²) in [4.78, 5) is 18.7. The Morgan fingerprint density at radius 1 is 1.47 bits per heavy atom. The molecule has 1 aromatic heterocycles. The van der Waals surface area contributed by atoms with Gasteiger partial charge < -0.3 is 10.7 Å². The van der Waals surface area contributed by atoms with Crippen molar-refractivity contribution in [2.45, 2.75) is 29.9 Å². The maximum Gasteiger partial charge on any atom is 0.251 e. The predicted molar refractivity (Wildman–Crippen MR) is 72.7 cm³/mol. The molecule has 6 heteroatoms. The monoisotopic (exact) mass is 279 g/mol. The summed E-state index contributed by atoms with van der Waals surface area (Å²) in [5, 5.41) is 0.459. The maximum absolute atomic E-state index is 13.6. The lowest BCUT2D eigenvalue weighted by molar-refractivity contribution is 0.610. The molecule has 2 aromatic rings. The fourth-order valence-electron chi connectivity index (χ4n) is 1.62. The normalized spacial score (nSPS) is 12.4. The van der Waals surface area contributed by atoms with Crippen molar-refractivity contribution in [2.24, 2.45) is 5.73 Å². The highest BCUT2D eigenvalue weighted by Crippen LogP contribution is 2.32. The zero-order valence-corrected chi connectivity index (χ0v) is 11.4. The topological polar surface area (TPSA) is 71.8 Å². The summed E-state index contributed by atoms with van der Waals surface area (Å²) in [6.07, 6.45) is 1.43. The van der Waals surface area contributed by atoms with Gasteiger partial charge in [-0.05, 0) is 37.1 Å². The largest absolute Gasteiger partial charge is 0.324 e. The summed E-state index contributed by atoms with van der Waals surface area (Å²) in [6.45, 7) is 3.47. The minimum absolute atomic E-state index is 0.223. The van der Waals surface area contributed by atoms with Crippen molar-refractivity contribution in [1.29, 1.82) is 0 Å². The molecule has 4 nitrogen and oxygen atoms in total. The first-order chi connectivity index (χ1) is 8.97. The van der Waals surface area contributed by atoms with Gasteiger partial charge in [0, 0.05) is 23.2 Å². The predicted octanol–water partition coefficient (Wildman–Crippen LogP) is 2.39. The number of aromatic nitrogens is 2. The molecule has 0 unspecified atom stereocenters. The summed E-state index contributed by atoms with van der Waals surface area (Å²) in [5.41, 5.74) is 6.85. The van der Waals surface area contributed by atoms with E-state index in [1.807, 2.05) is 0 Å². The third-order valence-corrected chi connectivity index (χ3v) is 3.61. The molecule has 0 radical (unpaired) electrons. The molecule has 0 saturated heterocycles. The molecule has 0 aliphatic carbocycles. The molecule has 3 N–H and O–H groups in total. The van der Waals surface area contributed by atoms with Gasteiger partial charge in [-0.3, -0.25) is 4.79 Å². The second-order valence-corrected chi connectivity index (χ2v) is 5.30. The first-order valence-corrected chi connectivity index (χ1v) is 6.58. The average Bonchev–Trinajstić information content (AvgIpc) is 2.33. The van der Waals surface area contributed by atoms with Gasteiger partial charge in [-0.25, -0.2) is 9.37 Å². The van der Waals surface area contributed by atoms with E-state index in [1.54, 1.807) is 19.9 Å². The fourth-order valence-corrected chi connectivity index (χ4v) is 2.69. The molecule has 1 aromatic carbocycles. The molecule has 0 spiro atoms. The van der Waals surface area contributed by atoms with E-state index in [4.69, 9.17) is 5.73 Å². The summed E-state index contributed by atoms with van der Waals surface area (Å²) < 4.78 is 13.6. The molecular formula is C13H14FN3OS. The van der Waals surface area contributed by atoms with E-state index in [-0.39, 0.29) is 17.4 Å². The highest BCUT2D eigenvalue weighted by Gasteiger charge is 2.13. The number of halogens is 1. The number of hydrogen-bond acceptors (Lipinski definition) is 4. The van der Waals surface area contributed by atoms with Gasteiger partial charge in [0.2, 0.25) is 0 Å². The lowest BCUT2D eigenvalue weighted by atomic mass is 10.1. The first kappa shape index (κ1) is 13.8. The molecule has 0 bridgehead atoms. The van der Waals surface area contributed by atoms with Crippen molar-refractivity contribution in [3.8, 4) is 0 Å². The van der Waals surface area contributed by atoms with E-state index in [9.17, 15) is 9.18 Å². The van der Waals surface area contributed by atoms with Crippen LogP contribution in [0.15, 0.2) is 39.2 Å². The van der Waals surface area contributed by atoms with Gasteiger partial charge >= 0.3 is 0 Å². The van der Waals surface area contributed by atoms with Crippen LogP contribution in [-0.2, 0) is 0 Å². The van der Waals surface area contributed by atoms with E-state index in [1.165, 1.54) is 30.1 Å². The standard InChI is InChI=1S/C13H14FN3OS/c1-7-5-11(9(8(2)15)6-10(7)14)19-13-16-4-3-12(18)17-13/h3-6,8H,15H2,1-2H3,(H,16,17,18)/t8-/m0/s1. The Morgan fingerprint density at radius 2 is 2.21 bits per heavy atom. The number of aromatic amines is 1. The molecular weight excluding hydrogens is 265 g/mol. The Balaban J connectivity index is 2.44. The molecule has 2 rings (SSSR count). The van der Waals surface area contributed by atoms with Crippen molar-refractivity contribution >= 4 is 11.8 Å². The molecule has 0 amide bonds. The van der Waals surface area contributed by atoms with Crippen LogP contribution in [-0.4, -0.2) is 9.97 Å². The van der Waals surface area contributed by atoms with Gasteiger partial charge in [0.15, 0.2) is 5.16 Å². The molecule has 19 heavy (non-hydrogen) atoms. The highest BCUT2D eigenvalue weighted by molar-refractivity contribution is 7.99. The summed E-state index contributed by atoms with van der Waals surface area (Å²) in [5.74, 6) is -0.286. The lowest BCUT2D eigenvalue weighted by Crippen LogP contribution is -2.09. The summed E-state index contributed by atoms with van der Waals surface area (Å²) in [6, 6.07) is 4.19. The van der Waals surface area contributed by atoms with Crippen LogP contribution < -0.4 is 11.3 Å². The Hall–Kier alpha value is -1.66. The van der Waals surface area contributed by atoms with Crippen molar-refractivity contribution in [2.75, 3.05) is 0 Å². The number of aryl methyl sites for hydroxylation is 1. The fraction of sp³-hybridized carbons (Fsp3) is 0.231. The van der Waals surface area contributed by atoms with Crippen molar-refractivity contribution < 1.29 is 4.39 Å². The third-order valence-electron chi connectivity index (χ3n) is 2.64. The molecule has 100 valence electrons. The first-order valence-electron chi connectivity index (χ1n) is 5.76. The van der Waals surface area contributed by atoms with Gasteiger partial charge in [0.1, 0.15) is 5.82 Å². The third kappa shape index (κ3) is 3.21. The lowest BCUT2D eigenvalue weighted by Gasteiger charge is -2.13. The minimum Gasteiger partial charge on any atom is -0.324 e. The van der Waals surface area contributed by atoms with Gasteiger partial charge in [-0.15, -0.1) is 0 Å². The molecule has 0 aliphatic heterocycles. The van der Waals surface area contributed by atoms with Crippen molar-refractivity contribution in [3.05, 3.63) is 51.7 Å². The van der Waals surface area contributed by atoms with Crippen LogP contribution >= 0.6 is 11.8 Å². The van der Waals surface area contributed by atoms with Crippen LogP contribution in [0.5, 0.6) is 0 Å². The Morgan fingerprint density at radius 3 is 2.84 bits per heavy atom. The van der Waals surface area contributed by atoms with Crippen molar-refractivity contribution in [3.63, 3.8) is 0 Å². The number of hydrogen-bond donors (Lipinski definition) is 2. The van der Waals surface area contributed by atoms with E-state index >= 15 is 0 Å². The molecule has 1 atom stereocenters. The smallest absolute Gasteiger partial charge is 0.251 e. The maximum atomic E-state index is 13.6. The van der Waals surface area contributed by atoms with E-state index in [2.05, 4.69) is 9.97 Å². The molecule has 0 aliphatic rings. The number of H-pyrrole nitrogens is 1. The van der Waals surface area contributed by atoms with Crippen LogP contribution in [0.2, 0.25) is 0 Å². The van der Waals surface area contributed by atoms with Crippen molar-refractivity contribution in [1.82, 2.24) is 9.97 Å². The van der Waals surface area contributed by atoms with Crippen LogP contribution in [0.25, 0.3) is 0 Å². The number of rotatable bonds is 3. The number of nitrogens with zero attached hydrogens (tertiary/aromatic N) is 1. The zero-order valence-electron chi connectivity index (χ0n) is 10.6. The Bertz CT molecular complexity index is 655. The van der Waals surface area contributed by atoms with Gasteiger partial charge in [0.05, 0.1) is 0 Å². The van der Waals surface area contributed by atoms with E-state index in [0.29, 0.717) is 16.3 Å². The molecule has 0 fully saturated rings.